The monoisotopic (exact) mass is 302 g/mol. The van der Waals surface area contributed by atoms with E-state index < -0.39 is 14.9 Å². The minimum absolute atomic E-state index is 0.0623. The summed E-state index contributed by atoms with van der Waals surface area (Å²) in [6.45, 7) is 4.56. The number of aliphatic hydroxyl groups excluding tert-OH is 1. The number of nitrogens with one attached hydrogen (secondary N) is 1. The van der Waals surface area contributed by atoms with Gasteiger partial charge in [0.05, 0.1) is 9.82 Å². The van der Waals surface area contributed by atoms with Crippen LogP contribution in [0.4, 0.5) is 5.69 Å². The predicted octanol–water partition coefficient (Wildman–Crippen LogP) is 1.18. The SMILES string of the molecule is Cc1cc(C)c(S(=O)(=O)NCCCO)c(C)c1[N+](=O)[O-]. The van der Waals surface area contributed by atoms with Crippen molar-refractivity contribution in [1.82, 2.24) is 4.72 Å². The average molecular weight is 302 g/mol. The molecular weight excluding hydrogens is 284 g/mol. The number of aliphatic hydroxyl groups is 1. The van der Waals surface area contributed by atoms with Gasteiger partial charge in [-0.05, 0) is 38.8 Å². The van der Waals surface area contributed by atoms with Crippen LogP contribution in [-0.2, 0) is 10.0 Å². The molecule has 0 saturated carbocycles. The molecular formula is C12H18N2O5S. The molecule has 0 aromatic heterocycles. The molecule has 1 rings (SSSR count). The van der Waals surface area contributed by atoms with Crippen molar-refractivity contribution in [2.45, 2.75) is 32.1 Å². The fourth-order valence-electron chi connectivity index (χ4n) is 2.21. The quantitative estimate of drug-likeness (QED) is 0.466. The molecule has 8 heteroatoms. The van der Waals surface area contributed by atoms with E-state index >= 15 is 0 Å². The molecule has 0 aliphatic rings. The lowest BCUT2D eigenvalue weighted by Gasteiger charge is -2.13. The van der Waals surface area contributed by atoms with Gasteiger partial charge in [0.1, 0.15) is 0 Å². The minimum Gasteiger partial charge on any atom is -0.396 e. The van der Waals surface area contributed by atoms with Crippen LogP contribution >= 0.6 is 0 Å². The summed E-state index contributed by atoms with van der Waals surface area (Å²) < 4.78 is 26.8. The van der Waals surface area contributed by atoms with Gasteiger partial charge in [-0.1, -0.05) is 0 Å². The van der Waals surface area contributed by atoms with Gasteiger partial charge in [0.2, 0.25) is 10.0 Å². The Labute approximate surface area is 117 Å². The Morgan fingerprint density at radius 2 is 1.90 bits per heavy atom. The normalized spacial score (nSPS) is 11.6. The standard InChI is InChI=1S/C12H18N2O5S/c1-8-7-9(2)12(10(3)11(8)14(16)17)20(18,19)13-5-4-6-15/h7,13,15H,4-6H2,1-3H3. The van der Waals surface area contributed by atoms with E-state index in [9.17, 15) is 18.5 Å². The molecule has 0 atom stereocenters. The van der Waals surface area contributed by atoms with Crippen LogP contribution < -0.4 is 4.72 Å². The highest BCUT2D eigenvalue weighted by Crippen LogP contribution is 2.31. The molecule has 0 unspecified atom stereocenters. The molecule has 0 aliphatic carbocycles. The summed E-state index contributed by atoms with van der Waals surface area (Å²) in [5, 5.41) is 19.7. The zero-order valence-corrected chi connectivity index (χ0v) is 12.5. The van der Waals surface area contributed by atoms with Crippen molar-refractivity contribution in [2.75, 3.05) is 13.2 Å². The zero-order valence-electron chi connectivity index (χ0n) is 11.6. The van der Waals surface area contributed by atoms with Gasteiger partial charge in [-0.15, -0.1) is 0 Å². The number of benzene rings is 1. The van der Waals surface area contributed by atoms with Gasteiger partial charge < -0.3 is 5.11 Å². The lowest BCUT2D eigenvalue weighted by molar-refractivity contribution is -0.386. The van der Waals surface area contributed by atoms with Crippen LogP contribution in [0.2, 0.25) is 0 Å². The van der Waals surface area contributed by atoms with Crippen LogP contribution in [0.5, 0.6) is 0 Å². The smallest absolute Gasteiger partial charge is 0.276 e. The van der Waals surface area contributed by atoms with Crippen molar-refractivity contribution in [2.24, 2.45) is 0 Å². The van der Waals surface area contributed by atoms with Crippen molar-refractivity contribution in [3.05, 3.63) is 32.9 Å². The van der Waals surface area contributed by atoms with Gasteiger partial charge in [-0.25, -0.2) is 13.1 Å². The van der Waals surface area contributed by atoms with Crippen LogP contribution in [0.15, 0.2) is 11.0 Å². The topological polar surface area (TPSA) is 110 Å². The number of hydrogen-bond acceptors (Lipinski definition) is 5. The maximum atomic E-state index is 12.2. The predicted molar refractivity (Wildman–Crippen MR) is 74.2 cm³/mol. The average Bonchev–Trinajstić information content (AvgIpc) is 2.26. The summed E-state index contributed by atoms with van der Waals surface area (Å²) in [7, 11) is -3.83. The van der Waals surface area contributed by atoms with Crippen molar-refractivity contribution in [3.8, 4) is 0 Å². The maximum Gasteiger partial charge on any atom is 0.276 e. The summed E-state index contributed by atoms with van der Waals surface area (Å²) in [6, 6.07) is 1.49. The third kappa shape index (κ3) is 3.33. The molecule has 0 bridgehead atoms. The molecule has 0 saturated heterocycles. The van der Waals surface area contributed by atoms with E-state index in [0.29, 0.717) is 11.1 Å². The second-order valence-corrected chi connectivity index (χ2v) is 6.25. The highest BCUT2D eigenvalue weighted by atomic mass is 32.2. The Kier molecular flexibility index (Phi) is 5.21. The molecule has 112 valence electrons. The third-order valence-corrected chi connectivity index (χ3v) is 4.69. The second-order valence-electron chi connectivity index (χ2n) is 4.55. The number of hydrogen-bond donors (Lipinski definition) is 2. The molecule has 0 heterocycles. The highest BCUT2D eigenvalue weighted by molar-refractivity contribution is 7.89. The second kappa shape index (κ2) is 6.29. The van der Waals surface area contributed by atoms with Gasteiger partial charge in [0, 0.05) is 24.3 Å². The molecule has 1 aromatic rings. The molecule has 0 amide bonds. The zero-order chi connectivity index (χ0) is 15.5. The third-order valence-electron chi connectivity index (χ3n) is 2.94. The summed E-state index contributed by atoms with van der Waals surface area (Å²) >= 11 is 0. The van der Waals surface area contributed by atoms with E-state index in [2.05, 4.69) is 4.72 Å². The van der Waals surface area contributed by atoms with Crippen LogP contribution in [0, 0.1) is 30.9 Å². The van der Waals surface area contributed by atoms with Crippen molar-refractivity contribution < 1.29 is 18.4 Å². The fourth-order valence-corrected chi connectivity index (χ4v) is 3.75. The van der Waals surface area contributed by atoms with Crippen molar-refractivity contribution in [1.29, 1.82) is 0 Å². The van der Waals surface area contributed by atoms with E-state index in [1.54, 1.807) is 13.8 Å². The molecule has 7 nitrogen and oxygen atoms in total. The van der Waals surface area contributed by atoms with Crippen LogP contribution in [0.3, 0.4) is 0 Å². The van der Waals surface area contributed by atoms with E-state index in [1.165, 1.54) is 13.0 Å². The Hall–Kier alpha value is -1.51. The first-order chi connectivity index (χ1) is 9.22. The van der Waals surface area contributed by atoms with Gasteiger partial charge in [-0.3, -0.25) is 10.1 Å². The Balaban J connectivity index is 3.38. The van der Waals surface area contributed by atoms with Crippen molar-refractivity contribution in [3.63, 3.8) is 0 Å². The van der Waals surface area contributed by atoms with E-state index in [-0.39, 0.29) is 35.7 Å². The van der Waals surface area contributed by atoms with E-state index in [0.717, 1.165) is 0 Å². The van der Waals surface area contributed by atoms with Crippen molar-refractivity contribution >= 4 is 15.7 Å². The van der Waals surface area contributed by atoms with Gasteiger partial charge >= 0.3 is 0 Å². The molecule has 20 heavy (non-hydrogen) atoms. The lowest BCUT2D eigenvalue weighted by Crippen LogP contribution is -2.27. The number of nitrogens with zero attached hydrogens (tertiary/aromatic N) is 1. The molecule has 0 spiro atoms. The minimum atomic E-state index is -3.83. The summed E-state index contributed by atoms with van der Waals surface area (Å²) in [5.41, 5.74) is 0.837. The molecule has 1 aromatic carbocycles. The number of nitro groups is 1. The summed E-state index contributed by atoms with van der Waals surface area (Å²) in [6.07, 6.45) is 0.283. The first-order valence-electron chi connectivity index (χ1n) is 6.08. The Morgan fingerprint density at radius 3 is 2.40 bits per heavy atom. The molecule has 2 N–H and O–H groups in total. The fraction of sp³-hybridized carbons (Fsp3) is 0.500. The summed E-state index contributed by atoms with van der Waals surface area (Å²) in [4.78, 5) is 10.4. The Bertz CT molecular complexity index is 625. The van der Waals surface area contributed by atoms with Gasteiger partial charge in [-0.2, -0.15) is 0 Å². The lowest BCUT2D eigenvalue weighted by atomic mass is 10.1. The molecule has 0 aliphatic heterocycles. The Morgan fingerprint density at radius 1 is 1.30 bits per heavy atom. The number of aryl methyl sites for hydroxylation is 2. The van der Waals surface area contributed by atoms with Gasteiger partial charge in [0.25, 0.3) is 5.69 Å². The number of rotatable bonds is 6. The first kappa shape index (κ1) is 16.5. The molecule has 0 radical (unpaired) electrons. The van der Waals surface area contributed by atoms with Gasteiger partial charge in [0.15, 0.2) is 0 Å². The summed E-state index contributed by atoms with van der Waals surface area (Å²) in [5.74, 6) is 0. The number of nitro benzene ring substituents is 1. The van der Waals surface area contributed by atoms with Crippen LogP contribution in [0.25, 0.3) is 0 Å². The number of sulfonamides is 1. The van der Waals surface area contributed by atoms with Crippen LogP contribution in [0.1, 0.15) is 23.1 Å². The van der Waals surface area contributed by atoms with Crippen LogP contribution in [-0.4, -0.2) is 31.6 Å². The van der Waals surface area contributed by atoms with E-state index in [1.807, 2.05) is 0 Å². The maximum absolute atomic E-state index is 12.2. The molecule has 0 fully saturated rings. The largest absolute Gasteiger partial charge is 0.396 e. The first-order valence-corrected chi connectivity index (χ1v) is 7.56. The van der Waals surface area contributed by atoms with E-state index in [4.69, 9.17) is 5.11 Å². The highest BCUT2D eigenvalue weighted by Gasteiger charge is 2.27.